The lowest BCUT2D eigenvalue weighted by Gasteiger charge is -2.01. The Hall–Kier alpha value is -1.84. The van der Waals surface area contributed by atoms with Crippen LogP contribution in [-0.4, -0.2) is 24.1 Å². The SMILES string of the molecule is Cn1cc(S(N)(=O)=O)c(NC(=O)c2ccc(Cl)o2)n1. The highest BCUT2D eigenvalue weighted by molar-refractivity contribution is 7.89. The Morgan fingerprint density at radius 3 is 2.74 bits per heavy atom. The van der Waals surface area contributed by atoms with E-state index in [-0.39, 0.29) is 21.7 Å². The summed E-state index contributed by atoms with van der Waals surface area (Å²) in [5.41, 5.74) is 0. The lowest BCUT2D eigenvalue weighted by molar-refractivity contribution is 0.0996. The van der Waals surface area contributed by atoms with E-state index in [9.17, 15) is 13.2 Å². The minimum absolute atomic E-state index is 0.0397. The smallest absolute Gasteiger partial charge is 0.292 e. The molecule has 2 aromatic heterocycles. The van der Waals surface area contributed by atoms with Gasteiger partial charge in [-0.3, -0.25) is 9.48 Å². The normalized spacial score (nSPS) is 11.5. The fourth-order valence-corrected chi connectivity index (χ4v) is 2.17. The molecule has 0 saturated heterocycles. The second-order valence-corrected chi connectivity index (χ2v) is 5.52. The molecule has 102 valence electrons. The number of nitrogens with two attached hydrogens (primary N) is 1. The Labute approximate surface area is 113 Å². The van der Waals surface area contributed by atoms with Gasteiger partial charge in [-0.1, -0.05) is 0 Å². The van der Waals surface area contributed by atoms with Crippen LogP contribution in [0.25, 0.3) is 0 Å². The average molecular weight is 305 g/mol. The molecule has 0 radical (unpaired) electrons. The molecule has 0 spiro atoms. The van der Waals surface area contributed by atoms with Gasteiger partial charge in [0.1, 0.15) is 4.90 Å². The summed E-state index contributed by atoms with van der Waals surface area (Å²) in [4.78, 5) is 11.5. The maximum atomic E-state index is 11.8. The van der Waals surface area contributed by atoms with Crippen LogP contribution in [0.1, 0.15) is 10.6 Å². The topological polar surface area (TPSA) is 120 Å². The number of halogens is 1. The summed E-state index contributed by atoms with van der Waals surface area (Å²) < 4.78 is 28.7. The molecule has 0 saturated carbocycles. The first-order valence-corrected chi connectivity index (χ1v) is 6.83. The number of furan rings is 1. The van der Waals surface area contributed by atoms with Crippen LogP contribution in [0.4, 0.5) is 5.82 Å². The lowest BCUT2D eigenvalue weighted by atomic mass is 10.4. The number of anilines is 1. The Bertz CT molecular complexity index is 733. The molecular weight excluding hydrogens is 296 g/mol. The van der Waals surface area contributed by atoms with Gasteiger partial charge in [-0.2, -0.15) is 5.10 Å². The van der Waals surface area contributed by atoms with Crippen molar-refractivity contribution in [3.8, 4) is 0 Å². The molecule has 0 aliphatic heterocycles. The summed E-state index contributed by atoms with van der Waals surface area (Å²) in [7, 11) is -2.50. The predicted molar refractivity (Wildman–Crippen MR) is 66.3 cm³/mol. The number of nitrogens with one attached hydrogen (secondary N) is 1. The molecule has 8 nitrogen and oxygen atoms in total. The number of hydrogen-bond donors (Lipinski definition) is 2. The maximum Gasteiger partial charge on any atom is 0.292 e. The van der Waals surface area contributed by atoms with Crippen LogP contribution in [-0.2, 0) is 17.1 Å². The number of nitrogens with zero attached hydrogens (tertiary/aromatic N) is 2. The van der Waals surface area contributed by atoms with Gasteiger partial charge in [0.15, 0.2) is 16.8 Å². The molecule has 0 fully saturated rings. The third kappa shape index (κ3) is 2.95. The van der Waals surface area contributed by atoms with Crippen molar-refractivity contribution in [3.63, 3.8) is 0 Å². The van der Waals surface area contributed by atoms with E-state index in [4.69, 9.17) is 21.2 Å². The molecular formula is C9H9ClN4O4S. The molecule has 1 amide bonds. The highest BCUT2D eigenvalue weighted by Gasteiger charge is 2.21. The third-order valence-corrected chi connectivity index (χ3v) is 3.25. The number of carbonyl (C=O) groups excluding carboxylic acids is 1. The van der Waals surface area contributed by atoms with Crippen LogP contribution in [0.3, 0.4) is 0 Å². The molecule has 0 bridgehead atoms. The van der Waals surface area contributed by atoms with Crippen molar-refractivity contribution < 1.29 is 17.6 Å². The Morgan fingerprint density at radius 1 is 1.53 bits per heavy atom. The van der Waals surface area contributed by atoms with Gasteiger partial charge in [-0.15, -0.1) is 0 Å². The number of primary sulfonamides is 1. The van der Waals surface area contributed by atoms with Crippen LogP contribution >= 0.6 is 11.6 Å². The van der Waals surface area contributed by atoms with E-state index in [0.717, 1.165) is 0 Å². The summed E-state index contributed by atoms with van der Waals surface area (Å²) in [6.45, 7) is 0. The van der Waals surface area contributed by atoms with Gasteiger partial charge in [0, 0.05) is 13.2 Å². The van der Waals surface area contributed by atoms with Crippen LogP contribution in [0, 0.1) is 0 Å². The minimum atomic E-state index is -3.99. The van der Waals surface area contributed by atoms with Gasteiger partial charge in [0.2, 0.25) is 10.0 Å². The summed E-state index contributed by atoms with van der Waals surface area (Å²) in [6, 6.07) is 2.73. The van der Waals surface area contributed by atoms with E-state index in [2.05, 4.69) is 10.4 Å². The van der Waals surface area contributed by atoms with E-state index < -0.39 is 15.9 Å². The zero-order valence-corrected chi connectivity index (χ0v) is 11.2. The number of aromatic nitrogens is 2. The number of rotatable bonds is 3. The predicted octanol–water partition coefficient (Wildman–Crippen LogP) is 0.566. The highest BCUT2D eigenvalue weighted by atomic mass is 35.5. The van der Waals surface area contributed by atoms with Crippen molar-refractivity contribution in [2.45, 2.75) is 4.90 Å². The maximum absolute atomic E-state index is 11.8. The number of hydrogen-bond acceptors (Lipinski definition) is 5. The average Bonchev–Trinajstić information content (AvgIpc) is 2.84. The first-order chi connectivity index (χ1) is 8.77. The molecule has 0 atom stereocenters. The van der Waals surface area contributed by atoms with Crippen molar-refractivity contribution in [1.82, 2.24) is 9.78 Å². The highest BCUT2D eigenvalue weighted by Crippen LogP contribution is 2.19. The summed E-state index contributed by atoms with van der Waals surface area (Å²) in [5, 5.41) is 11.1. The standard InChI is InChI=1S/C9H9ClN4O4S/c1-14-4-6(19(11,16)17)8(13-14)12-9(15)5-2-3-7(10)18-5/h2-4H,1H3,(H2,11,16,17)(H,12,13,15). The van der Waals surface area contributed by atoms with Crippen molar-refractivity contribution in [2.24, 2.45) is 12.2 Å². The van der Waals surface area contributed by atoms with Gasteiger partial charge < -0.3 is 9.73 Å². The number of aryl methyl sites for hydroxylation is 1. The molecule has 2 heterocycles. The minimum Gasteiger partial charge on any atom is -0.440 e. The molecule has 0 aromatic carbocycles. The van der Waals surface area contributed by atoms with Gasteiger partial charge in [0.05, 0.1) is 0 Å². The molecule has 0 aliphatic rings. The van der Waals surface area contributed by atoms with Gasteiger partial charge in [-0.05, 0) is 23.7 Å². The van der Waals surface area contributed by atoms with Crippen molar-refractivity contribution >= 4 is 33.3 Å². The van der Waals surface area contributed by atoms with E-state index in [1.54, 1.807) is 0 Å². The van der Waals surface area contributed by atoms with Crippen LogP contribution in [0.2, 0.25) is 5.22 Å². The Morgan fingerprint density at radius 2 is 2.21 bits per heavy atom. The lowest BCUT2D eigenvalue weighted by Crippen LogP contribution is -2.17. The van der Waals surface area contributed by atoms with E-state index in [0.29, 0.717) is 0 Å². The molecule has 0 unspecified atom stereocenters. The van der Waals surface area contributed by atoms with Crippen molar-refractivity contribution in [3.05, 3.63) is 29.3 Å². The summed E-state index contributed by atoms with van der Waals surface area (Å²) in [6.07, 6.45) is 1.18. The Balaban J connectivity index is 2.32. The molecule has 2 rings (SSSR count). The fraction of sp³-hybridized carbons (Fsp3) is 0.111. The Kier molecular flexibility index (Phi) is 3.35. The van der Waals surface area contributed by atoms with E-state index in [1.807, 2.05) is 0 Å². The number of sulfonamides is 1. The van der Waals surface area contributed by atoms with Crippen LogP contribution in [0.15, 0.2) is 27.6 Å². The molecule has 10 heteroatoms. The largest absolute Gasteiger partial charge is 0.440 e. The quantitative estimate of drug-likeness (QED) is 0.858. The van der Waals surface area contributed by atoms with Gasteiger partial charge in [-0.25, -0.2) is 13.6 Å². The number of carbonyl (C=O) groups is 1. The van der Waals surface area contributed by atoms with Gasteiger partial charge >= 0.3 is 0 Å². The zero-order valence-electron chi connectivity index (χ0n) is 9.62. The third-order valence-electron chi connectivity index (χ3n) is 2.13. The van der Waals surface area contributed by atoms with Gasteiger partial charge in [0.25, 0.3) is 5.91 Å². The first kappa shape index (κ1) is 13.6. The zero-order chi connectivity index (χ0) is 14.2. The summed E-state index contributed by atoms with van der Waals surface area (Å²) >= 11 is 5.53. The fourth-order valence-electron chi connectivity index (χ4n) is 1.37. The van der Waals surface area contributed by atoms with E-state index in [1.165, 1.54) is 30.1 Å². The molecule has 3 N–H and O–H groups in total. The molecule has 2 aromatic rings. The molecule has 19 heavy (non-hydrogen) atoms. The van der Waals surface area contributed by atoms with Crippen LogP contribution < -0.4 is 10.5 Å². The molecule has 0 aliphatic carbocycles. The number of amides is 1. The van der Waals surface area contributed by atoms with Crippen LogP contribution in [0.5, 0.6) is 0 Å². The second kappa shape index (κ2) is 4.68. The van der Waals surface area contributed by atoms with Crippen molar-refractivity contribution in [1.29, 1.82) is 0 Å². The first-order valence-electron chi connectivity index (χ1n) is 4.90. The van der Waals surface area contributed by atoms with E-state index >= 15 is 0 Å². The second-order valence-electron chi connectivity index (χ2n) is 3.62. The monoisotopic (exact) mass is 304 g/mol. The van der Waals surface area contributed by atoms with Crippen molar-refractivity contribution in [2.75, 3.05) is 5.32 Å². The summed E-state index contributed by atoms with van der Waals surface area (Å²) in [5.74, 6) is -0.936.